The molecule has 136 valence electrons. The van der Waals surface area contributed by atoms with Crippen molar-refractivity contribution in [3.63, 3.8) is 0 Å². The number of fused-ring (bicyclic) bond motifs is 1. The number of anilines is 3. The van der Waals surface area contributed by atoms with E-state index in [1.165, 1.54) is 7.05 Å². The third-order valence-corrected chi connectivity index (χ3v) is 3.81. The number of rotatable bonds is 4. The van der Waals surface area contributed by atoms with E-state index in [1.54, 1.807) is 23.6 Å². The highest BCUT2D eigenvalue weighted by Crippen LogP contribution is 2.26. The maximum atomic E-state index is 11.7. The Balaban J connectivity index is 1.83. The van der Waals surface area contributed by atoms with Gasteiger partial charge >= 0.3 is 0 Å². The lowest BCUT2D eigenvalue weighted by molar-refractivity contribution is 0.0936. The van der Waals surface area contributed by atoms with Crippen molar-refractivity contribution in [3.05, 3.63) is 48.0 Å². The first-order chi connectivity index (χ1) is 13.0. The molecular formula is C17H16N8O2. The summed E-state index contributed by atoms with van der Waals surface area (Å²) in [7, 11) is 1.53. The average Bonchev–Trinajstić information content (AvgIpc) is 3.24. The summed E-state index contributed by atoms with van der Waals surface area (Å²) in [5, 5.41) is 5.57. The number of carbonyl (C=O) groups is 1. The number of nitrogens with one attached hydrogen (secondary N) is 2. The summed E-state index contributed by atoms with van der Waals surface area (Å²) < 4.78 is 7.23. The Morgan fingerprint density at radius 2 is 1.93 bits per heavy atom. The van der Waals surface area contributed by atoms with E-state index in [1.807, 2.05) is 24.3 Å². The van der Waals surface area contributed by atoms with Gasteiger partial charge in [0, 0.05) is 13.1 Å². The fraction of sp³-hybridized carbons (Fsp3) is 0.118. The van der Waals surface area contributed by atoms with Crippen LogP contribution >= 0.6 is 0 Å². The first-order valence-corrected chi connectivity index (χ1v) is 8.10. The molecule has 0 fully saturated rings. The highest BCUT2D eigenvalue weighted by molar-refractivity contribution is 5.91. The van der Waals surface area contributed by atoms with Gasteiger partial charge in [-0.15, -0.1) is 0 Å². The number of carbonyl (C=O) groups excluding carboxylic acids is 1. The van der Waals surface area contributed by atoms with E-state index >= 15 is 0 Å². The van der Waals surface area contributed by atoms with E-state index in [9.17, 15) is 4.79 Å². The van der Waals surface area contributed by atoms with Crippen LogP contribution in [0.3, 0.4) is 0 Å². The number of nitrogens with zero attached hydrogens (tertiary/aromatic N) is 5. The summed E-state index contributed by atoms with van der Waals surface area (Å²) in [5.41, 5.74) is 7.30. The summed E-state index contributed by atoms with van der Waals surface area (Å²) in [6.45, 7) is 1.73. The van der Waals surface area contributed by atoms with Gasteiger partial charge in [0.15, 0.2) is 5.76 Å². The molecule has 0 aliphatic heterocycles. The number of para-hydroxylation sites is 2. The number of benzene rings is 1. The molecule has 0 saturated heterocycles. The fourth-order valence-corrected chi connectivity index (χ4v) is 2.66. The zero-order valence-corrected chi connectivity index (χ0v) is 14.6. The molecule has 0 aliphatic rings. The van der Waals surface area contributed by atoms with Crippen LogP contribution in [0.1, 0.15) is 16.4 Å². The van der Waals surface area contributed by atoms with Crippen molar-refractivity contribution < 1.29 is 9.21 Å². The smallest absolute Gasteiger partial charge is 0.286 e. The number of hydrogen-bond donors (Lipinski definition) is 3. The summed E-state index contributed by atoms with van der Waals surface area (Å²) >= 11 is 0. The van der Waals surface area contributed by atoms with E-state index in [0.29, 0.717) is 23.6 Å². The van der Waals surface area contributed by atoms with E-state index in [2.05, 4.69) is 30.6 Å². The van der Waals surface area contributed by atoms with Crippen LogP contribution in [0.15, 0.2) is 40.8 Å². The van der Waals surface area contributed by atoms with Crippen LogP contribution in [-0.4, -0.2) is 37.5 Å². The number of nitrogen functional groups attached to an aromatic ring is 1. The van der Waals surface area contributed by atoms with Crippen molar-refractivity contribution in [1.29, 1.82) is 0 Å². The standard InChI is InChI=1S/C17H16N8O2/c1-9-20-15(18)24-16(21-9)25-11-6-4-3-5-10(11)22-17(25)23-13-8-7-12(27-13)14(26)19-2/h3-8H,1-2H3,(H,19,26)(H,22,23)(H2,18,20,21,24). The van der Waals surface area contributed by atoms with Gasteiger partial charge in [-0.1, -0.05) is 12.1 Å². The normalized spacial score (nSPS) is 10.9. The van der Waals surface area contributed by atoms with E-state index in [-0.39, 0.29) is 17.6 Å². The Morgan fingerprint density at radius 3 is 2.70 bits per heavy atom. The molecule has 3 heterocycles. The number of imidazole rings is 1. The number of aromatic nitrogens is 5. The predicted octanol–water partition coefficient (Wildman–Crippen LogP) is 1.80. The van der Waals surface area contributed by atoms with E-state index in [4.69, 9.17) is 10.2 Å². The van der Waals surface area contributed by atoms with Crippen LogP contribution < -0.4 is 16.4 Å². The molecule has 1 aromatic carbocycles. The van der Waals surface area contributed by atoms with E-state index in [0.717, 1.165) is 11.0 Å². The number of furan rings is 1. The SMILES string of the molecule is CNC(=O)c1ccc(Nc2nc3ccccc3n2-c2nc(C)nc(N)n2)o1. The van der Waals surface area contributed by atoms with Gasteiger partial charge in [-0.25, -0.2) is 9.55 Å². The van der Waals surface area contributed by atoms with Crippen LogP contribution in [0, 0.1) is 6.92 Å². The van der Waals surface area contributed by atoms with Crippen LogP contribution in [0.2, 0.25) is 0 Å². The molecule has 0 atom stereocenters. The molecule has 4 aromatic rings. The molecule has 4 N–H and O–H groups in total. The largest absolute Gasteiger partial charge is 0.435 e. The van der Waals surface area contributed by atoms with Gasteiger partial charge in [-0.3, -0.25) is 10.1 Å². The second-order valence-electron chi connectivity index (χ2n) is 5.67. The molecule has 0 bridgehead atoms. The van der Waals surface area contributed by atoms with Gasteiger partial charge in [-0.05, 0) is 25.1 Å². The minimum Gasteiger partial charge on any atom is -0.435 e. The molecule has 0 unspecified atom stereocenters. The lowest BCUT2D eigenvalue weighted by Crippen LogP contribution is -2.16. The Bertz CT molecular complexity index is 1130. The Kier molecular flexibility index (Phi) is 3.92. The first kappa shape index (κ1) is 16.5. The maximum absolute atomic E-state index is 11.7. The number of hydrogen-bond acceptors (Lipinski definition) is 8. The Labute approximate surface area is 153 Å². The molecule has 10 heteroatoms. The molecule has 0 aliphatic carbocycles. The summed E-state index contributed by atoms with van der Waals surface area (Å²) in [6.07, 6.45) is 0. The lowest BCUT2D eigenvalue weighted by atomic mass is 10.3. The second kappa shape index (κ2) is 6.41. The molecule has 4 rings (SSSR count). The summed E-state index contributed by atoms with van der Waals surface area (Å²) in [5.74, 6) is 1.56. The van der Waals surface area contributed by atoms with Crippen molar-refractivity contribution in [2.75, 3.05) is 18.1 Å². The van der Waals surface area contributed by atoms with Crippen molar-refractivity contribution in [3.8, 4) is 5.95 Å². The lowest BCUT2D eigenvalue weighted by Gasteiger charge is -2.08. The van der Waals surface area contributed by atoms with Crippen LogP contribution in [0.4, 0.5) is 17.8 Å². The molecule has 10 nitrogen and oxygen atoms in total. The van der Waals surface area contributed by atoms with Crippen LogP contribution in [0.5, 0.6) is 0 Å². The summed E-state index contributed by atoms with van der Waals surface area (Å²) in [6, 6.07) is 10.7. The number of aryl methyl sites for hydroxylation is 1. The average molecular weight is 364 g/mol. The quantitative estimate of drug-likeness (QED) is 0.498. The zero-order valence-electron chi connectivity index (χ0n) is 14.6. The molecule has 1 amide bonds. The van der Waals surface area contributed by atoms with Gasteiger partial charge in [0.05, 0.1) is 11.0 Å². The van der Waals surface area contributed by atoms with Crippen LogP contribution in [0.25, 0.3) is 17.0 Å². The highest BCUT2D eigenvalue weighted by atomic mass is 16.4. The predicted molar refractivity (Wildman–Crippen MR) is 99.0 cm³/mol. The minimum absolute atomic E-state index is 0.112. The van der Waals surface area contributed by atoms with Gasteiger partial charge in [-0.2, -0.15) is 15.0 Å². The third-order valence-electron chi connectivity index (χ3n) is 3.81. The Morgan fingerprint density at radius 1 is 1.11 bits per heavy atom. The molecule has 0 spiro atoms. The summed E-state index contributed by atoms with van der Waals surface area (Å²) in [4.78, 5) is 28.8. The van der Waals surface area contributed by atoms with Gasteiger partial charge < -0.3 is 15.5 Å². The topological polar surface area (TPSA) is 137 Å². The van der Waals surface area contributed by atoms with Crippen molar-refractivity contribution in [2.24, 2.45) is 0 Å². The van der Waals surface area contributed by atoms with Crippen molar-refractivity contribution in [1.82, 2.24) is 29.8 Å². The zero-order chi connectivity index (χ0) is 19.0. The van der Waals surface area contributed by atoms with Crippen molar-refractivity contribution in [2.45, 2.75) is 6.92 Å². The van der Waals surface area contributed by atoms with Gasteiger partial charge in [0.1, 0.15) is 5.82 Å². The monoisotopic (exact) mass is 364 g/mol. The van der Waals surface area contributed by atoms with Crippen molar-refractivity contribution >= 4 is 34.7 Å². The minimum atomic E-state index is -0.322. The highest BCUT2D eigenvalue weighted by Gasteiger charge is 2.17. The molecule has 27 heavy (non-hydrogen) atoms. The second-order valence-corrected chi connectivity index (χ2v) is 5.67. The van der Waals surface area contributed by atoms with Gasteiger partial charge in [0.2, 0.25) is 23.7 Å². The first-order valence-electron chi connectivity index (χ1n) is 8.10. The molecular weight excluding hydrogens is 348 g/mol. The molecule has 0 radical (unpaired) electrons. The molecule has 3 aromatic heterocycles. The third kappa shape index (κ3) is 3.03. The number of amides is 1. The van der Waals surface area contributed by atoms with E-state index < -0.39 is 0 Å². The molecule has 0 saturated carbocycles. The Hall–Kier alpha value is -3.95. The van der Waals surface area contributed by atoms with Gasteiger partial charge in [0.25, 0.3) is 5.91 Å². The number of nitrogens with two attached hydrogens (primary N) is 1. The van der Waals surface area contributed by atoms with Crippen LogP contribution in [-0.2, 0) is 0 Å². The maximum Gasteiger partial charge on any atom is 0.286 e. The fourth-order valence-electron chi connectivity index (χ4n) is 2.66.